The molecule has 1 atom stereocenters. The molecule has 44 heavy (non-hydrogen) atoms. The number of amides is 1. The van der Waals surface area contributed by atoms with Crippen molar-refractivity contribution >= 4 is 35.0 Å². The number of aryl methyl sites for hydroxylation is 1. The third-order valence-electron chi connectivity index (χ3n) is 7.36. The van der Waals surface area contributed by atoms with E-state index in [1.807, 2.05) is 43.3 Å². The average molecular weight is 606 g/mol. The van der Waals surface area contributed by atoms with Crippen LogP contribution in [0.25, 0.3) is 17.4 Å². The molecule has 2 N–H and O–H groups in total. The quantitative estimate of drug-likeness (QED) is 0.265. The van der Waals surface area contributed by atoms with Crippen LogP contribution in [-0.2, 0) is 4.79 Å². The Morgan fingerprint density at radius 1 is 1.02 bits per heavy atom. The number of carbonyl (C=O) groups is 2. The summed E-state index contributed by atoms with van der Waals surface area (Å²) in [6.07, 6.45) is 1.63. The molecule has 0 unspecified atom stereocenters. The van der Waals surface area contributed by atoms with Crippen LogP contribution in [0.15, 0.2) is 110 Å². The van der Waals surface area contributed by atoms with E-state index in [0.717, 1.165) is 5.56 Å². The summed E-state index contributed by atoms with van der Waals surface area (Å²) in [5, 5.41) is 12.4. The lowest BCUT2D eigenvalue weighted by molar-refractivity contribution is -0.113. The smallest absolute Gasteiger partial charge is 0.335 e. The van der Waals surface area contributed by atoms with Gasteiger partial charge in [-0.15, -0.1) is 0 Å². The van der Waals surface area contributed by atoms with Crippen molar-refractivity contribution in [1.82, 2.24) is 4.57 Å². The molecule has 0 fully saturated rings. The van der Waals surface area contributed by atoms with E-state index < -0.39 is 12.0 Å². The summed E-state index contributed by atoms with van der Waals surface area (Å²) < 4.78 is 13.4. The van der Waals surface area contributed by atoms with Crippen molar-refractivity contribution in [3.05, 3.63) is 138 Å². The second-order valence-corrected chi connectivity index (χ2v) is 11.2. The van der Waals surface area contributed by atoms with Crippen molar-refractivity contribution in [3.8, 4) is 17.1 Å². The van der Waals surface area contributed by atoms with Gasteiger partial charge in [-0.3, -0.25) is 14.2 Å². The standard InChI is InChI=1S/C34H27N3O6S/c1-19-12-13-22(33(40)41)17-26(19)27-15-14-25(43-27)18-28-32(39)37-30(21-8-7-11-24(16-21)42-3)29(20(2)35-34(37)44-28)31(38)36-23-9-5-4-6-10-23/h4-18,30H,1-3H3,(H,36,38)(H,40,41)/b28-18-/t30-/m0/s1. The molecular weight excluding hydrogens is 578 g/mol. The molecule has 0 saturated carbocycles. The van der Waals surface area contributed by atoms with Gasteiger partial charge in [-0.05, 0) is 73.5 Å². The predicted octanol–water partition coefficient (Wildman–Crippen LogP) is 5.15. The largest absolute Gasteiger partial charge is 0.497 e. The number of para-hydroxylation sites is 1. The van der Waals surface area contributed by atoms with Gasteiger partial charge in [-0.25, -0.2) is 9.79 Å². The lowest BCUT2D eigenvalue weighted by Crippen LogP contribution is -2.40. The minimum absolute atomic E-state index is 0.150. The second kappa shape index (κ2) is 11.7. The fraction of sp³-hybridized carbons (Fsp3) is 0.118. The molecule has 0 spiro atoms. The molecule has 3 heterocycles. The maximum Gasteiger partial charge on any atom is 0.335 e. The van der Waals surface area contributed by atoms with Gasteiger partial charge in [0, 0.05) is 17.3 Å². The number of carboxylic acid groups (broad SMARTS) is 1. The van der Waals surface area contributed by atoms with Crippen LogP contribution >= 0.6 is 11.3 Å². The van der Waals surface area contributed by atoms with E-state index in [1.54, 1.807) is 68.6 Å². The van der Waals surface area contributed by atoms with E-state index in [1.165, 1.54) is 15.9 Å². The number of anilines is 1. The van der Waals surface area contributed by atoms with E-state index in [0.29, 0.717) is 54.7 Å². The van der Waals surface area contributed by atoms with Gasteiger partial charge >= 0.3 is 5.97 Å². The van der Waals surface area contributed by atoms with E-state index in [9.17, 15) is 19.5 Å². The molecule has 6 rings (SSSR count). The van der Waals surface area contributed by atoms with Crippen molar-refractivity contribution in [3.63, 3.8) is 0 Å². The highest BCUT2D eigenvalue weighted by Gasteiger charge is 2.33. The molecule has 0 aliphatic carbocycles. The third kappa shape index (κ3) is 5.38. The van der Waals surface area contributed by atoms with Crippen LogP contribution in [0.3, 0.4) is 0 Å². The fourth-order valence-electron chi connectivity index (χ4n) is 5.18. The van der Waals surface area contributed by atoms with E-state index in [2.05, 4.69) is 10.3 Å². The monoisotopic (exact) mass is 605 g/mol. The first-order valence-electron chi connectivity index (χ1n) is 13.7. The number of carbonyl (C=O) groups excluding carboxylic acids is 1. The summed E-state index contributed by atoms with van der Waals surface area (Å²) in [6, 6.07) is 23.9. The Kier molecular flexibility index (Phi) is 7.59. The van der Waals surface area contributed by atoms with Crippen molar-refractivity contribution in [2.24, 2.45) is 4.99 Å². The van der Waals surface area contributed by atoms with Crippen LogP contribution in [0.1, 0.15) is 40.2 Å². The van der Waals surface area contributed by atoms with Crippen molar-refractivity contribution < 1.29 is 23.8 Å². The van der Waals surface area contributed by atoms with Gasteiger partial charge in [0.2, 0.25) is 0 Å². The zero-order valence-electron chi connectivity index (χ0n) is 24.0. The first kappa shape index (κ1) is 28.6. The van der Waals surface area contributed by atoms with E-state index in [4.69, 9.17) is 9.15 Å². The summed E-state index contributed by atoms with van der Waals surface area (Å²) in [5.41, 5.74) is 3.47. The number of methoxy groups -OCH3 is 1. The summed E-state index contributed by atoms with van der Waals surface area (Å²) in [4.78, 5) is 44.4. The molecule has 0 saturated heterocycles. The number of aromatic carboxylic acids is 1. The summed E-state index contributed by atoms with van der Waals surface area (Å²) in [6.45, 7) is 3.63. The average Bonchev–Trinajstić information content (AvgIpc) is 3.60. The highest BCUT2D eigenvalue weighted by atomic mass is 32.1. The summed E-state index contributed by atoms with van der Waals surface area (Å²) in [7, 11) is 1.56. The summed E-state index contributed by atoms with van der Waals surface area (Å²) in [5.74, 6) is 0.0918. The molecule has 1 aliphatic rings. The number of nitrogens with one attached hydrogen (secondary N) is 1. The maximum absolute atomic E-state index is 14.0. The molecular formula is C34H27N3O6S. The van der Waals surface area contributed by atoms with Gasteiger partial charge in [0.15, 0.2) is 4.80 Å². The van der Waals surface area contributed by atoms with Crippen LogP contribution in [0.4, 0.5) is 5.69 Å². The number of nitrogens with zero attached hydrogens (tertiary/aromatic N) is 2. The van der Waals surface area contributed by atoms with Gasteiger partial charge in [0.05, 0.1) is 34.5 Å². The van der Waals surface area contributed by atoms with Crippen LogP contribution in [0, 0.1) is 6.92 Å². The number of benzene rings is 3. The van der Waals surface area contributed by atoms with Gasteiger partial charge in [0.25, 0.3) is 11.5 Å². The summed E-state index contributed by atoms with van der Waals surface area (Å²) >= 11 is 1.19. The first-order chi connectivity index (χ1) is 21.2. The Morgan fingerprint density at radius 3 is 2.57 bits per heavy atom. The van der Waals surface area contributed by atoms with Crippen LogP contribution in [0.5, 0.6) is 5.75 Å². The van der Waals surface area contributed by atoms with Crippen LogP contribution in [0.2, 0.25) is 0 Å². The number of furan rings is 1. The maximum atomic E-state index is 14.0. The minimum atomic E-state index is -1.03. The topological polar surface area (TPSA) is 123 Å². The van der Waals surface area contributed by atoms with Gasteiger partial charge in [0.1, 0.15) is 17.3 Å². The number of thiazole rings is 1. The Hall–Kier alpha value is -5.48. The Labute approximate surface area is 255 Å². The minimum Gasteiger partial charge on any atom is -0.497 e. The van der Waals surface area contributed by atoms with E-state index in [-0.39, 0.29) is 17.0 Å². The van der Waals surface area contributed by atoms with Gasteiger partial charge < -0.3 is 19.6 Å². The first-order valence-corrected chi connectivity index (χ1v) is 14.5. The highest BCUT2D eigenvalue weighted by molar-refractivity contribution is 7.07. The van der Waals surface area contributed by atoms with Crippen molar-refractivity contribution in [2.75, 3.05) is 12.4 Å². The number of ether oxygens (including phenoxy) is 1. The number of allylic oxidation sites excluding steroid dienone is 1. The Morgan fingerprint density at radius 2 is 1.82 bits per heavy atom. The lowest BCUT2D eigenvalue weighted by Gasteiger charge is -2.25. The SMILES string of the molecule is COc1cccc([C@H]2C(C(=O)Nc3ccccc3)=C(C)N=c3s/c(=C\c4ccc(-c5cc(C(=O)O)ccc5C)o4)c(=O)n32)c1. The molecule has 2 aromatic heterocycles. The molecule has 10 heteroatoms. The number of aromatic nitrogens is 1. The predicted molar refractivity (Wildman–Crippen MR) is 168 cm³/mol. The van der Waals surface area contributed by atoms with Gasteiger partial charge in [-0.1, -0.05) is 47.7 Å². The second-order valence-electron chi connectivity index (χ2n) is 10.2. The number of hydrogen-bond acceptors (Lipinski definition) is 7. The lowest BCUT2D eigenvalue weighted by atomic mass is 9.95. The molecule has 9 nitrogen and oxygen atoms in total. The molecule has 0 radical (unpaired) electrons. The molecule has 220 valence electrons. The third-order valence-corrected chi connectivity index (χ3v) is 8.34. The molecule has 5 aromatic rings. The number of carboxylic acids is 1. The van der Waals surface area contributed by atoms with Crippen LogP contribution in [-0.4, -0.2) is 28.7 Å². The van der Waals surface area contributed by atoms with Gasteiger partial charge in [-0.2, -0.15) is 0 Å². The Balaban J connectivity index is 1.45. The zero-order valence-corrected chi connectivity index (χ0v) is 24.8. The van der Waals surface area contributed by atoms with Crippen molar-refractivity contribution in [2.45, 2.75) is 19.9 Å². The molecule has 1 amide bonds. The van der Waals surface area contributed by atoms with E-state index >= 15 is 0 Å². The normalized spacial score (nSPS) is 14.6. The van der Waals surface area contributed by atoms with Crippen molar-refractivity contribution in [1.29, 1.82) is 0 Å². The Bertz CT molecular complexity index is 2140. The molecule has 0 bridgehead atoms. The number of rotatable bonds is 7. The molecule has 1 aliphatic heterocycles. The zero-order chi connectivity index (χ0) is 31.0. The van der Waals surface area contributed by atoms with Crippen LogP contribution < -0.4 is 24.9 Å². The number of hydrogen-bond donors (Lipinski definition) is 2. The number of fused-ring (bicyclic) bond motifs is 1. The fourth-order valence-corrected chi connectivity index (χ4v) is 6.21. The highest BCUT2D eigenvalue weighted by Crippen LogP contribution is 2.32. The molecule has 3 aromatic carbocycles.